The maximum absolute atomic E-state index is 13.0. The number of unbranched alkanes of at least 4 members (excludes halogenated alkanes) is 33. The molecular formula is C50H99NO9. The van der Waals surface area contributed by atoms with Gasteiger partial charge in [0.25, 0.3) is 0 Å². The summed E-state index contributed by atoms with van der Waals surface area (Å²) >= 11 is 0. The first-order chi connectivity index (χ1) is 29.3. The SMILES string of the molecule is CCCCCCCCCCCCCCCCCCCCCCCCCCCCC(=O)N[C@@H](CO[C@@H]1O[C@H](CO)[C@H](O)C(O)C1O)[C@H](O)[C@H](O)CCCCCCCCCCC. The predicted molar refractivity (Wildman–Crippen MR) is 246 cm³/mol. The second-order valence-corrected chi connectivity index (χ2v) is 18.5. The molecule has 10 nitrogen and oxygen atoms in total. The average Bonchev–Trinajstić information content (AvgIpc) is 3.25. The topological polar surface area (TPSA) is 169 Å². The van der Waals surface area contributed by atoms with E-state index in [-0.39, 0.29) is 18.9 Å². The van der Waals surface area contributed by atoms with E-state index in [9.17, 15) is 35.4 Å². The van der Waals surface area contributed by atoms with Crippen LogP contribution in [0.3, 0.4) is 0 Å². The first-order valence-electron chi connectivity index (χ1n) is 25.8. The summed E-state index contributed by atoms with van der Waals surface area (Å²) in [4.78, 5) is 13.0. The molecule has 0 radical (unpaired) electrons. The quantitative estimate of drug-likeness (QED) is 0.0295. The van der Waals surface area contributed by atoms with Gasteiger partial charge >= 0.3 is 0 Å². The Hall–Kier alpha value is -0.850. The maximum atomic E-state index is 13.0. The lowest BCUT2D eigenvalue weighted by Crippen LogP contribution is -2.60. The lowest BCUT2D eigenvalue weighted by Gasteiger charge is -2.40. The van der Waals surface area contributed by atoms with Crippen molar-refractivity contribution in [1.29, 1.82) is 0 Å². The lowest BCUT2D eigenvalue weighted by atomic mass is 9.98. The Morgan fingerprint density at radius 3 is 1.23 bits per heavy atom. The Kier molecular flexibility index (Phi) is 39.0. The zero-order valence-electron chi connectivity index (χ0n) is 39.1. The number of aliphatic hydroxyl groups is 6. The summed E-state index contributed by atoms with van der Waals surface area (Å²) in [6.45, 7) is 3.60. The van der Waals surface area contributed by atoms with E-state index in [4.69, 9.17) is 9.47 Å². The van der Waals surface area contributed by atoms with Crippen molar-refractivity contribution in [2.45, 2.75) is 300 Å². The summed E-state index contributed by atoms with van der Waals surface area (Å²) in [6, 6.07) is -0.984. The molecule has 1 heterocycles. The highest BCUT2D eigenvalue weighted by molar-refractivity contribution is 5.76. The van der Waals surface area contributed by atoms with Crippen LogP contribution in [0.25, 0.3) is 0 Å². The van der Waals surface area contributed by atoms with Crippen LogP contribution < -0.4 is 5.32 Å². The number of amides is 1. The smallest absolute Gasteiger partial charge is 0.220 e. The van der Waals surface area contributed by atoms with Crippen LogP contribution in [0.2, 0.25) is 0 Å². The number of carbonyl (C=O) groups is 1. The highest BCUT2D eigenvalue weighted by atomic mass is 16.7. The summed E-state index contributed by atoms with van der Waals surface area (Å²) < 4.78 is 11.2. The summed E-state index contributed by atoms with van der Waals surface area (Å²) in [5.41, 5.74) is 0. The van der Waals surface area contributed by atoms with E-state index < -0.39 is 55.6 Å². The number of carbonyl (C=O) groups excluding carboxylic acids is 1. The largest absolute Gasteiger partial charge is 0.394 e. The van der Waals surface area contributed by atoms with Crippen molar-refractivity contribution in [3.05, 3.63) is 0 Å². The van der Waals surface area contributed by atoms with Gasteiger partial charge in [-0.15, -0.1) is 0 Å². The molecule has 10 heteroatoms. The van der Waals surface area contributed by atoms with Crippen molar-refractivity contribution >= 4 is 5.91 Å². The molecule has 0 aliphatic carbocycles. The second-order valence-electron chi connectivity index (χ2n) is 18.5. The molecule has 60 heavy (non-hydrogen) atoms. The monoisotopic (exact) mass is 858 g/mol. The van der Waals surface area contributed by atoms with Gasteiger partial charge in [0.05, 0.1) is 25.4 Å². The Labute approximate surface area is 368 Å². The molecule has 0 aromatic heterocycles. The van der Waals surface area contributed by atoms with E-state index in [1.807, 2.05) is 0 Å². The first kappa shape index (κ1) is 57.2. The fourth-order valence-electron chi connectivity index (χ4n) is 8.61. The van der Waals surface area contributed by atoms with E-state index >= 15 is 0 Å². The third kappa shape index (κ3) is 30.3. The van der Waals surface area contributed by atoms with Crippen LogP contribution in [-0.4, -0.2) is 98.7 Å². The van der Waals surface area contributed by atoms with Gasteiger partial charge in [-0.25, -0.2) is 0 Å². The fourth-order valence-corrected chi connectivity index (χ4v) is 8.61. The fraction of sp³-hybridized carbons (Fsp3) is 0.980. The van der Waals surface area contributed by atoms with Crippen molar-refractivity contribution < 1.29 is 44.9 Å². The molecule has 1 fully saturated rings. The number of hydrogen-bond acceptors (Lipinski definition) is 9. The van der Waals surface area contributed by atoms with Crippen LogP contribution in [0, 0.1) is 0 Å². The van der Waals surface area contributed by atoms with E-state index in [0.717, 1.165) is 44.9 Å². The zero-order valence-corrected chi connectivity index (χ0v) is 39.1. The molecule has 8 atom stereocenters. The van der Waals surface area contributed by atoms with E-state index in [1.54, 1.807) is 0 Å². The number of rotatable bonds is 44. The predicted octanol–water partition coefficient (Wildman–Crippen LogP) is 10.5. The molecule has 0 spiro atoms. The van der Waals surface area contributed by atoms with Crippen LogP contribution in [0.15, 0.2) is 0 Å². The number of nitrogens with one attached hydrogen (secondary N) is 1. The summed E-state index contributed by atoms with van der Waals surface area (Å²) in [7, 11) is 0. The molecule has 7 N–H and O–H groups in total. The molecule has 1 aliphatic rings. The van der Waals surface area contributed by atoms with Gasteiger partial charge < -0.3 is 45.4 Å². The average molecular weight is 858 g/mol. The molecule has 0 aromatic rings. The van der Waals surface area contributed by atoms with Crippen LogP contribution in [0.4, 0.5) is 0 Å². The highest BCUT2D eigenvalue weighted by Gasteiger charge is 2.44. The van der Waals surface area contributed by atoms with Gasteiger partial charge in [-0.1, -0.05) is 232 Å². The Morgan fingerprint density at radius 1 is 0.517 bits per heavy atom. The van der Waals surface area contributed by atoms with Gasteiger partial charge in [-0.2, -0.15) is 0 Å². The third-order valence-electron chi connectivity index (χ3n) is 12.8. The molecule has 0 bridgehead atoms. The molecule has 1 amide bonds. The minimum Gasteiger partial charge on any atom is -0.394 e. The van der Waals surface area contributed by atoms with Crippen molar-refractivity contribution in [2.24, 2.45) is 0 Å². The van der Waals surface area contributed by atoms with Gasteiger partial charge in [-0.05, 0) is 12.8 Å². The van der Waals surface area contributed by atoms with Gasteiger partial charge in [0.2, 0.25) is 5.91 Å². The van der Waals surface area contributed by atoms with Crippen molar-refractivity contribution in [1.82, 2.24) is 5.32 Å². The highest BCUT2D eigenvalue weighted by Crippen LogP contribution is 2.23. The molecule has 1 aliphatic heterocycles. The lowest BCUT2D eigenvalue weighted by molar-refractivity contribution is -0.303. The maximum Gasteiger partial charge on any atom is 0.220 e. The van der Waals surface area contributed by atoms with E-state index in [1.165, 1.54) is 180 Å². The molecule has 0 aromatic carbocycles. The Morgan fingerprint density at radius 2 is 0.867 bits per heavy atom. The Balaban J connectivity index is 2.19. The summed E-state index contributed by atoms with van der Waals surface area (Å²) in [5, 5.41) is 65.1. The second kappa shape index (κ2) is 40.9. The third-order valence-corrected chi connectivity index (χ3v) is 12.8. The van der Waals surface area contributed by atoms with Crippen LogP contribution in [0.5, 0.6) is 0 Å². The van der Waals surface area contributed by atoms with Gasteiger partial charge in [0.1, 0.15) is 30.5 Å². The molecule has 2 unspecified atom stereocenters. The number of ether oxygens (including phenoxy) is 2. The van der Waals surface area contributed by atoms with Gasteiger partial charge in [0.15, 0.2) is 6.29 Å². The Bertz CT molecular complexity index is 926. The van der Waals surface area contributed by atoms with E-state index in [0.29, 0.717) is 6.42 Å². The first-order valence-corrected chi connectivity index (χ1v) is 25.8. The van der Waals surface area contributed by atoms with Crippen LogP contribution in [0.1, 0.15) is 251 Å². The van der Waals surface area contributed by atoms with E-state index in [2.05, 4.69) is 19.2 Å². The number of hydrogen-bond donors (Lipinski definition) is 7. The van der Waals surface area contributed by atoms with Crippen LogP contribution in [-0.2, 0) is 14.3 Å². The minimum atomic E-state index is -1.60. The summed E-state index contributed by atoms with van der Waals surface area (Å²) in [6.07, 6.45) is 35.7. The molecule has 358 valence electrons. The number of aliphatic hydroxyl groups excluding tert-OH is 6. The van der Waals surface area contributed by atoms with Crippen molar-refractivity contribution in [3.8, 4) is 0 Å². The molecule has 0 saturated carbocycles. The van der Waals surface area contributed by atoms with Crippen LogP contribution >= 0.6 is 0 Å². The van der Waals surface area contributed by atoms with Crippen molar-refractivity contribution in [3.63, 3.8) is 0 Å². The molecule has 1 rings (SSSR count). The standard InChI is InChI=1S/C50H99NO9/c1-3-5-7-9-11-13-14-15-16-17-18-19-20-21-22-23-24-25-26-27-28-29-31-33-35-37-39-45(54)51-42(41-59-50-49(58)48(57)47(56)44(40-52)60-50)46(55)43(53)38-36-34-32-30-12-10-8-6-4-2/h42-44,46-50,52-53,55-58H,3-41H2,1-2H3,(H,51,54)/t42-,43+,44+,46-,47-,48?,49?,50+/m0/s1. The molecule has 1 saturated heterocycles. The van der Waals surface area contributed by atoms with Gasteiger partial charge in [-0.3, -0.25) is 4.79 Å². The normalized spacial score (nSPS) is 21.0. The minimum absolute atomic E-state index is 0.254. The zero-order chi connectivity index (χ0) is 43.9. The molecular weight excluding hydrogens is 759 g/mol. The van der Waals surface area contributed by atoms with Gasteiger partial charge in [0, 0.05) is 6.42 Å². The van der Waals surface area contributed by atoms with Crippen molar-refractivity contribution in [2.75, 3.05) is 13.2 Å². The summed E-state index contributed by atoms with van der Waals surface area (Å²) in [5.74, 6) is -0.254.